The van der Waals surface area contributed by atoms with Gasteiger partial charge in [-0.05, 0) is 26.7 Å². The average molecular weight is 225 g/mol. The summed E-state index contributed by atoms with van der Waals surface area (Å²) in [6.07, 6.45) is 5.91. The summed E-state index contributed by atoms with van der Waals surface area (Å²) in [4.78, 5) is 7.95. The SMILES string of the molecule is C[C@@H]1CCC[C@H](C)N1Cc1cnc(N)s1. The molecule has 1 fully saturated rings. The molecule has 1 saturated heterocycles. The molecule has 4 heteroatoms. The standard InChI is InChI=1S/C11H19N3S/c1-8-4-3-5-9(2)14(8)7-10-6-13-11(12)15-10/h6,8-9H,3-5,7H2,1-2H3,(H2,12,13)/t8-,9+. The van der Waals surface area contributed by atoms with E-state index in [4.69, 9.17) is 5.73 Å². The van der Waals surface area contributed by atoms with Crippen molar-refractivity contribution < 1.29 is 0 Å². The van der Waals surface area contributed by atoms with Gasteiger partial charge in [0.25, 0.3) is 0 Å². The lowest BCUT2D eigenvalue weighted by Crippen LogP contribution is -2.42. The van der Waals surface area contributed by atoms with Gasteiger partial charge in [0.2, 0.25) is 0 Å². The van der Waals surface area contributed by atoms with E-state index in [-0.39, 0.29) is 0 Å². The van der Waals surface area contributed by atoms with E-state index in [9.17, 15) is 0 Å². The van der Waals surface area contributed by atoms with E-state index in [1.165, 1.54) is 24.1 Å². The van der Waals surface area contributed by atoms with Gasteiger partial charge in [0.1, 0.15) is 0 Å². The molecule has 0 aliphatic carbocycles. The first-order valence-electron chi connectivity index (χ1n) is 5.62. The summed E-state index contributed by atoms with van der Waals surface area (Å²) in [5.74, 6) is 0. The molecular weight excluding hydrogens is 206 g/mol. The van der Waals surface area contributed by atoms with Gasteiger partial charge in [-0.1, -0.05) is 6.42 Å². The van der Waals surface area contributed by atoms with Crippen molar-refractivity contribution in [2.75, 3.05) is 5.73 Å². The number of aromatic nitrogens is 1. The number of nitrogens with two attached hydrogens (primary N) is 1. The van der Waals surface area contributed by atoms with Gasteiger partial charge in [-0.3, -0.25) is 4.90 Å². The maximum absolute atomic E-state index is 5.64. The molecule has 0 saturated carbocycles. The van der Waals surface area contributed by atoms with Crippen LogP contribution >= 0.6 is 11.3 Å². The van der Waals surface area contributed by atoms with Crippen LogP contribution in [0, 0.1) is 0 Å². The molecular formula is C11H19N3S. The first kappa shape index (κ1) is 10.9. The molecule has 0 bridgehead atoms. The van der Waals surface area contributed by atoms with Crippen molar-refractivity contribution in [2.24, 2.45) is 0 Å². The average Bonchev–Trinajstić information content (AvgIpc) is 2.58. The summed E-state index contributed by atoms with van der Waals surface area (Å²) in [6, 6.07) is 1.38. The fourth-order valence-electron chi connectivity index (χ4n) is 2.36. The third-order valence-corrected chi connectivity index (χ3v) is 4.10. The Morgan fingerprint density at radius 3 is 2.67 bits per heavy atom. The molecule has 0 amide bonds. The lowest BCUT2D eigenvalue weighted by Gasteiger charge is -2.38. The first-order valence-corrected chi connectivity index (χ1v) is 6.44. The van der Waals surface area contributed by atoms with Crippen LogP contribution in [0.3, 0.4) is 0 Å². The highest BCUT2D eigenvalue weighted by Gasteiger charge is 2.24. The van der Waals surface area contributed by atoms with Crippen molar-refractivity contribution in [2.45, 2.75) is 51.7 Å². The quantitative estimate of drug-likeness (QED) is 0.841. The summed E-state index contributed by atoms with van der Waals surface area (Å²) in [5, 5.41) is 0.683. The highest BCUT2D eigenvalue weighted by atomic mass is 32.1. The largest absolute Gasteiger partial charge is 0.375 e. The smallest absolute Gasteiger partial charge is 0.180 e. The number of nitrogen functional groups attached to an aromatic ring is 1. The Kier molecular flexibility index (Phi) is 3.26. The van der Waals surface area contributed by atoms with Crippen molar-refractivity contribution in [3.05, 3.63) is 11.1 Å². The summed E-state index contributed by atoms with van der Waals surface area (Å²) in [7, 11) is 0. The maximum Gasteiger partial charge on any atom is 0.180 e. The molecule has 84 valence electrons. The number of nitrogens with zero attached hydrogens (tertiary/aromatic N) is 2. The predicted molar refractivity (Wildman–Crippen MR) is 64.8 cm³/mol. The third-order valence-electron chi connectivity index (χ3n) is 3.29. The van der Waals surface area contributed by atoms with E-state index >= 15 is 0 Å². The summed E-state index contributed by atoms with van der Waals surface area (Å²) >= 11 is 1.61. The first-order chi connectivity index (χ1) is 7.16. The minimum atomic E-state index is 0.683. The molecule has 2 N–H and O–H groups in total. The zero-order chi connectivity index (χ0) is 10.8. The van der Waals surface area contributed by atoms with Crippen LogP contribution in [0.25, 0.3) is 0 Å². The van der Waals surface area contributed by atoms with Crippen LogP contribution in [0.2, 0.25) is 0 Å². The van der Waals surface area contributed by atoms with Crippen LogP contribution in [0.15, 0.2) is 6.20 Å². The molecule has 1 aliphatic rings. The zero-order valence-corrected chi connectivity index (χ0v) is 10.3. The second kappa shape index (κ2) is 4.49. The molecule has 2 atom stereocenters. The molecule has 3 nitrogen and oxygen atoms in total. The zero-order valence-electron chi connectivity index (χ0n) is 9.44. The summed E-state index contributed by atoms with van der Waals surface area (Å²) in [6.45, 7) is 5.65. The number of piperidine rings is 1. The van der Waals surface area contributed by atoms with Crippen molar-refractivity contribution in [1.82, 2.24) is 9.88 Å². The molecule has 1 aliphatic heterocycles. The highest BCUT2D eigenvalue weighted by Crippen LogP contribution is 2.26. The topological polar surface area (TPSA) is 42.2 Å². The Balaban J connectivity index is 2.03. The molecule has 0 unspecified atom stereocenters. The van der Waals surface area contributed by atoms with Crippen LogP contribution in [0.5, 0.6) is 0 Å². The van der Waals surface area contributed by atoms with E-state index in [0.29, 0.717) is 17.2 Å². The number of likely N-dealkylation sites (tertiary alicyclic amines) is 1. The van der Waals surface area contributed by atoms with Gasteiger partial charge in [-0.25, -0.2) is 4.98 Å². The monoisotopic (exact) mass is 225 g/mol. The fraction of sp³-hybridized carbons (Fsp3) is 0.727. The van der Waals surface area contributed by atoms with Gasteiger partial charge in [-0.2, -0.15) is 0 Å². The number of rotatable bonds is 2. The normalized spacial score (nSPS) is 28.1. The van der Waals surface area contributed by atoms with Crippen molar-refractivity contribution in [1.29, 1.82) is 0 Å². The Morgan fingerprint density at radius 2 is 2.13 bits per heavy atom. The molecule has 2 heterocycles. The second-order valence-corrected chi connectivity index (χ2v) is 5.61. The van der Waals surface area contributed by atoms with Gasteiger partial charge in [0, 0.05) is 29.7 Å². The number of thiazole rings is 1. The van der Waals surface area contributed by atoms with Crippen molar-refractivity contribution in [3.63, 3.8) is 0 Å². The summed E-state index contributed by atoms with van der Waals surface area (Å²) < 4.78 is 0. The predicted octanol–water partition coefficient (Wildman–Crippen LogP) is 2.49. The van der Waals surface area contributed by atoms with E-state index in [0.717, 1.165) is 6.54 Å². The number of hydrogen-bond acceptors (Lipinski definition) is 4. The molecule has 1 aromatic heterocycles. The Labute approximate surface area is 95.3 Å². The van der Waals surface area contributed by atoms with Crippen molar-refractivity contribution in [3.8, 4) is 0 Å². The maximum atomic E-state index is 5.64. The van der Waals surface area contributed by atoms with Gasteiger partial charge < -0.3 is 5.73 Å². The Morgan fingerprint density at radius 1 is 1.47 bits per heavy atom. The van der Waals surface area contributed by atoms with Crippen LogP contribution in [0.4, 0.5) is 5.13 Å². The Bertz CT molecular complexity index is 313. The van der Waals surface area contributed by atoms with Crippen molar-refractivity contribution >= 4 is 16.5 Å². The van der Waals surface area contributed by atoms with E-state index in [1.54, 1.807) is 11.3 Å². The molecule has 2 rings (SSSR count). The third kappa shape index (κ3) is 2.49. The number of hydrogen-bond donors (Lipinski definition) is 1. The van der Waals surface area contributed by atoms with Gasteiger partial charge in [0.05, 0.1) is 0 Å². The van der Waals surface area contributed by atoms with Crippen LogP contribution < -0.4 is 5.73 Å². The molecule has 0 aromatic carbocycles. The van der Waals surface area contributed by atoms with Crippen LogP contribution in [0.1, 0.15) is 38.0 Å². The number of anilines is 1. The lowest BCUT2D eigenvalue weighted by atomic mass is 9.97. The molecule has 1 aromatic rings. The van der Waals surface area contributed by atoms with Crippen LogP contribution in [-0.2, 0) is 6.54 Å². The highest BCUT2D eigenvalue weighted by molar-refractivity contribution is 7.15. The minimum absolute atomic E-state index is 0.683. The van der Waals surface area contributed by atoms with Crippen LogP contribution in [-0.4, -0.2) is 22.0 Å². The van der Waals surface area contributed by atoms with Gasteiger partial charge in [0.15, 0.2) is 5.13 Å². The molecule has 15 heavy (non-hydrogen) atoms. The fourth-order valence-corrected chi connectivity index (χ4v) is 3.06. The Hall–Kier alpha value is -0.610. The van der Waals surface area contributed by atoms with E-state index < -0.39 is 0 Å². The lowest BCUT2D eigenvalue weighted by molar-refractivity contribution is 0.0964. The summed E-state index contributed by atoms with van der Waals surface area (Å²) in [5.41, 5.74) is 5.64. The molecule has 0 spiro atoms. The van der Waals surface area contributed by atoms with E-state index in [2.05, 4.69) is 23.7 Å². The second-order valence-electron chi connectivity index (χ2n) is 4.47. The van der Waals surface area contributed by atoms with Gasteiger partial charge >= 0.3 is 0 Å². The minimum Gasteiger partial charge on any atom is -0.375 e. The van der Waals surface area contributed by atoms with Gasteiger partial charge in [-0.15, -0.1) is 11.3 Å². The molecule has 0 radical (unpaired) electrons. The van der Waals surface area contributed by atoms with E-state index in [1.807, 2.05) is 6.20 Å².